The van der Waals surface area contributed by atoms with Crippen LogP contribution in [0, 0.1) is 34.5 Å². The number of fused-ring (bicyclic) bond motifs is 8. The van der Waals surface area contributed by atoms with E-state index >= 15 is 0 Å². The van der Waals surface area contributed by atoms with Crippen LogP contribution < -0.4 is 0 Å². The van der Waals surface area contributed by atoms with E-state index in [0.29, 0.717) is 5.92 Å². The minimum absolute atomic E-state index is 0.0314. The van der Waals surface area contributed by atoms with E-state index in [9.17, 15) is 19.8 Å². The van der Waals surface area contributed by atoms with Crippen LogP contribution in [0.4, 0.5) is 0 Å². The number of carbonyl (C=O) groups is 2. The molecule has 0 spiro atoms. The third kappa shape index (κ3) is 2.93. The van der Waals surface area contributed by atoms with Gasteiger partial charge in [0.1, 0.15) is 6.10 Å². The fourth-order valence-electron chi connectivity index (χ4n) is 9.17. The van der Waals surface area contributed by atoms with E-state index in [1.165, 1.54) is 18.1 Å². The lowest BCUT2D eigenvalue weighted by Crippen LogP contribution is -2.57. The first-order valence-electron chi connectivity index (χ1n) is 13.7. The van der Waals surface area contributed by atoms with E-state index in [0.717, 1.165) is 44.9 Å². The topological polar surface area (TPSA) is 93.1 Å². The second-order valence-electron chi connectivity index (χ2n) is 13.0. The predicted molar refractivity (Wildman–Crippen MR) is 129 cm³/mol. The van der Waals surface area contributed by atoms with Gasteiger partial charge >= 0.3 is 5.97 Å². The summed E-state index contributed by atoms with van der Waals surface area (Å²) in [6.07, 6.45) is 7.28. The SMILES string of the molecule is CC(=O)[C@](O)(C(C)C)[C@H]1OC(=O)[C@@H]2[C@H]1O[C@H]1C=C3C4=C(CC[C@]3(C)[C@@H]21)[C@@]1(C)CC[C@@H](O)C[C@@H]1CC4. The van der Waals surface area contributed by atoms with Crippen LogP contribution >= 0.6 is 0 Å². The average molecular weight is 485 g/mol. The number of aliphatic hydroxyl groups is 2. The molecule has 2 N–H and O–H groups in total. The Bertz CT molecular complexity index is 1040. The summed E-state index contributed by atoms with van der Waals surface area (Å²) in [4.78, 5) is 25.8. The van der Waals surface area contributed by atoms with E-state index in [4.69, 9.17) is 9.47 Å². The first kappa shape index (κ1) is 23.9. The van der Waals surface area contributed by atoms with Gasteiger partial charge in [-0.15, -0.1) is 0 Å². The first-order chi connectivity index (χ1) is 16.4. The molecule has 0 bridgehead atoms. The summed E-state index contributed by atoms with van der Waals surface area (Å²) in [5, 5.41) is 21.6. The number of aliphatic hydroxyl groups excluding tert-OH is 1. The highest BCUT2D eigenvalue weighted by molar-refractivity contribution is 5.88. The molecule has 0 aromatic heterocycles. The van der Waals surface area contributed by atoms with Crippen molar-refractivity contribution in [2.24, 2.45) is 34.5 Å². The fourth-order valence-corrected chi connectivity index (χ4v) is 9.17. The number of hydrogen-bond acceptors (Lipinski definition) is 6. The number of cyclic esters (lactones) is 1. The van der Waals surface area contributed by atoms with Crippen molar-refractivity contribution in [3.63, 3.8) is 0 Å². The molecular formula is C29H40O6. The molecule has 0 aromatic rings. The molecule has 2 saturated heterocycles. The zero-order chi connectivity index (χ0) is 25.1. The smallest absolute Gasteiger partial charge is 0.312 e. The maximum atomic E-state index is 13.3. The number of ether oxygens (including phenoxy) is 2. The molecule has 1 saturated carbocycles. The van der Waals surface area contributed by atoms with Gasteiger partial charge in [0.05, 0.1) is 18.1 Å². The van der Waals surface area contributed by atoms with Crippen molar-refractivity contribution in [3.05, 3.63) is 22.8 Å². The zero-order valence-corrected chi connectivity index (χ0v) is 21.7. The van der Waals surface area contributed by atoms with Crippen LogP contribution in [0.2, 0.25) is 0 Å². The fraction of sp³-hybridized carbons (Fsp3) is 0.793. The quantitative estimate of drug-likeness (QED) is 0.591. The summed E-state index contributed by atoms with van der Waals surface area (Å²) in [6, 6.07) is 0. The molecule has 4 aliphatic carbocycles. The molecule has 192 valence electrons. The molecule has 6 aliphatic rings. The highest BCUT2D eigenvalue weighted by Crippen LogP contribution is 2.67. The van der Waals surface area contributed by atoms with Crippen molar-refractivity contribution in [1.82, 2.24) is 0 Å². The molecule has 6 rings (SSSR count). The van der Waals surface area contributed by atoms with Gasteiger partial charge in [-0.1, -0.05) is 39.3 Å². The molecule has 35 heavy (non-hydrogen) atoms. The molecule has 10 atom stereocenters. The van der Waals surface area contributed by atoms with Crippen LogP contribution in [-0.2, 0) is 19.1 Å². The molecular weight excluding hydrogens is 444 g/mol. The molecule has 0 unspecified atom stereocenters. The lowest BCUT2D eigenvalue weighted by molar-refractivity contribution is -0.179. The van der Waals surface area contributed by atoms with Crippen molar-refractivity contribution in [3.8, 4) is 0 Å². The van der Waals surface area contributed by atoms with Gasteiger partial charge in [0.15, 0.2) is 17.5 Å². The van der Waals surface area contributed by atoms with Gasteiger partial charge in [-0.05, 0) is 85.7 Å². The van der Waals surface area contributed by atoms with Gasteiger partial charge in [0.2, 0.25) is 0 Å². The lowest BCUT2D eigenvalue weighted by Gasteiger charge is -2.53. The summed E-state index contributed by atoms with van der Waals surface area (Å²) in [6.45, 7) is 9.64. The predicted octanol–water partition coefficient (Wildman–Crippen LogP) is 3.89. The minimum Gasteiger partial charge on any atom is -0.456 e. The number of allylic oxidation sites excluding steroid dienone is 3. The zero-order valence-electron chi connectivity index (χ0n) is 21.7. The maximum absolute atomic E-state index is 13.3. The Morgan fingerprint density at radius 3 is 2.60 bits per heavy atom. The number of rotatable bonds is 3. The summed E-state index contributed by atoms with van der Waals surface area (Å²) < 4.78 is 12.3. The first-order valence-corrected chi connectivity index (χ1v) is 13.7. The molecule has 2 aliphatic heterocycles. The van der Waals surface area contributed by atoms with Crippen molar-refractivity contribution in [2.45, 2.75) is 110 Å². The number of Topliss-reactive ketones (excluding diaryl/α,β-unsaturated/α-hetero) is 1. The van der Waals surface area contributed by atoms with Crippen molar-refractivity contribution < 1.29 is 29.3 Å². The van der Waals surface area contributed by atoms with E-state index in [-0.39, 0.29) is 40.7 Å². The second kappa shape index (κ2) is 7.52. The highest BCUT2D eigenvalue weighted by Gasteiger charge is 2.69. The van der Waals surface area contributed by atoms with Gasteiger partial charge in [-0.25, -0.2) is 0 Å². The van der Waals surface area contributed by atoms with Gasteiger partial charge in [0.25, 0.3) is 0 Å². The van der Waals surface area contributed by atoms with E-state index in [2.05, 4.69) is 19.9 Å². The van der Waals surface area contributed by atoms with Crippen molar-refractivity contribution in [1.29, 1.82) is 0 Å². The van der Waals surface area contributed by atoms with Gasteiger partial charge in [-0.3, -0.25) is 9.59 Å². The standard InChI is InChI=1S/C29H40O6/c1-14(2)29(33,15(3)30)25-24-22(26(32)35-25)23-21(34-24)13-20-18-7-6-16-12-17(31)8-10-27(16,4)19(18)9-11-28(20,23)5/h13-14,16-17,21-25,31,33H,6-12H2,1-5H3/t16-,17+,21-,22-,23+,24+,25-,27-,28-,29+/m0/s1. The number of ketones is 1. The van der Waals surface area contributed by atoms with Crippen LogP contribution in [0.25, 0.3) is 0 Å². The van der Waals surface area contributed by atoms with Crippen LogP contribution in [0.3, 0.4) is 0 Å². The number of hydrogen-bond donors (Lipinski definition) is 2. The number of esters is 1. The summed E-state index contributed by atoms with van der Waals surface area (Å²) in [5.41, 5.74) is 2.65. The number of carbonyl (C=O) groups excluding carboxylic acids is 2. The van der Waals surface area contributed by atoms with Crippen molar-refractivity contribution in [2.75, 3.05) is 0 Å². The van der Waals surface area contributed by atoms with Gasteiger partial charge in [0, 0.05) is 5.92 Å². The highest BCUT2D eigenvalue weighted by atomic mass is 16.6. The molecule has 2 heterocycles. The van der Waals surface area contributed by atoms with E-state index in [1.807, 2.05) is 0 Å². The van der Waals surface area contributed by atoms with Crippen LogP contribution in [0.15, 0.2) is 22.8 Å². The molecule has 0 amide bonds. The summed E-state index contributed by atoms with van der Waals surface area (Å²) in [5.74, 6) is -1.06. The molecule has 0 radical (unpaired) electrons. The Morgan fingerprint density at radius 2 is 1.91 bits per heavy atom. The minimum atomic E-state index is -1.75. The lowest BCUT2D eigenvalue weighted by atomic mass is 9.51. The Kier molecular flexibility index (Phi) is 5.13. The van der Waals surface area contributed by atoms with E-state index < -0.39 is 29.6 Å². The third-order valence-corrected chi connectivity index (χ3v) is 11.3. The molecule has 3 fully saturated rings. The van der Waals surface area contributed by atoms with Crippen molar-refractivity contribution >= 4 is 11.8 Å². The Hall–Kier alpha value is -1.50. The molecule has 6 heteroatoms. The van der Waals surface area contributed by atoms with E-state index in [1.54, 1.807) is 19.4 Å². The average Bonchev–Trinajstić information content (AvgIpc) is 3.41. The van der Waals surface area contributed by atoms with Crippen LogP contribution in [-0.4, -0.2) is 52.0 Å². The largest absolute Gasteiger partial charge is 0.456 e. The van der Waals surface area contributed by atoms with Gasteiger partial charge in [-0.2, -0.15) is 0 Å². The molecule has 6 nitrogen and oxygen atoms in total. The van der Waals surface area contributed by atoms with Crippen LogP contribution in [0.5, 0.6) is 0 Å². The molecule has 0 aromatic carbocycles. The second-order valence-corrected chi connectivity index (χ2v) is 13.0. The Morgan fingerprint density at radius 1 is 1.17 bits per heavy atom. The summed E-state index contributed by atoms with van der Waals surface area (Å²) in [7, 11) is 0. The normalized spacial score (nSPS) is 47.8. The Balaban J connectivity index is 1.36. The maximum Gasteiger partial charge on any atom is 0.312 e. The van der Waals surface area contributed by atoms with Gasteiger partial charge < -0.3 is 19.7 Å². The Labute approximate surface area is 208 Å². The summed E-state index contributed by atoms with van der Waals surface area (Å²) >= 11 is 0. The third-order valence-electron chi connectivity index (χ3n) is 11.3. The monoisotopic (exact) mass is 484 g/mol. The van der Waals surface area contributed by atoms with Crippen LogP contribution in [0.1, 0.15) is 79.6 Å².